The normalized spacial score (nSPS) is 25.2. The van der Waals surface area contributed by atoms with Gasteiger partial charge in [-0.1, -0.05) is 18.2 Å². The van der Waals surface area contributed by atoms with Crippen LogP contribution >= 0.6 is 0 Å². The molecule has 2 fully saturated rings. The maximum atomic E-state index is 13.8. The minimum atomic E-state index is -0.284. The van der Waals surface area contributed by atoms with Gasteiger partial charge in [-0.05, 0) is 48.2 Å². The fourth-order valence-corrected chi connectivity index (χ4v) is 4.24. The van der Waals surface area contributed by atoms with Gasteiger partial charge in [0.2, 0.25) is 0 Å². The van der Waals surface area contributed by atoms with Crippen molar-refractivity contribution >= 4 is 5.91 Å². The molecule has 1 amide bonds. The van der Waals surface area contributed by atoms with Crippen molar-refractivity contribution in [2.24, 2.45) is 11.8 Å². The molecule has 0 unspecified atom stereocenters. The number of benzene rings is 2. The van der Waals surface area contributed by atoms with Gasteiger partial charge in [0.15, 0.2) is 0 Å². The van der Waals surface area contributed by atoms with Crippen molar-refractivity contribution in [3.8, 4) is 5.75 Å². The van der Waals surface area contributed by atoms with Crippen LogP contribution in [0.3, 0.4) is 0 Å². The lowest BCUT2D eigenvalue weighted by Gasteiger charge is -2.29. The molecular formula is C20H21FN2O2. The number of halogens is 1. The van der Waals surface area contributed by atoms with Gasteiger partial charge in [0.25, 0.3) is 5.91 Å². The molecule has 2 aromatic rings. The van der Waals surface area contributed by atoms with E-state index in [0.717, 1.165) is 24.2 Å². The molecule has 2 saturated heterocycles. The van der Waals surface area contributed by atoms with Gasteiger partial charge < -0.3 is 15.3 Å². The lowest BCUT2D eigenvalue weighted by molar-refractivity contribution is 0.0712. The van der Waals surface area contributed by atoms with E-state index in [1.807, 2.05) is 17.9 Å². The van der Waals surface area contributed by atoms with E-state index in [1.54, 1.807) is 18.2 Å². The van der Waals surface area contributed by atoms with Crippen LogP contribution in [0.1, 0.15) is 27.5 Å². The molecule has 2 aliphatic heterocycles. The largest absolute Gasteiger partial charge is 0.508 e. The maximum Gasteiger partial charge on any atom is 0.254 e. The topological polar surface area (TPSA) is 52.6 Å². The number of aromatic hydroxyl groups is 1. The number of likely N-dealkylation sites (tertiary alicyclic amines) is 1. The minimum absolute atomic E-state index is 0.0808. The molecule has 4 nitrogen and oxygen atoms in total. The maximum absolute atomic E-state index is 13.8. The van der Waals surface area contributed by atoms with Crippen molar-refractivity contribution in [3.63, 3.8) is 0 Å². The van der Waals surface area contributed by atoms with E-state index < -0.39 is 0 Å². The lowest BCUT2D eigenvalue weighted by Crippen LogP contribution is -2.35. The highest BCUT2D eigenvalue weighted by Gasteiger charge is 2.47. The Labute approximate surface area is 146 Å². The molecular weight excluding hydrogens is 319 g/mol. The number of nitrogens with zero attached hydrogens (tertiary/aromatic N) is 1. The number of phenolic OH excluding ortho intramolecular Hbond substituents is 1. The van der Waals surface area contributed by atoms with E-state index in [2.05, 4.69) is 5.32 Å². The molecule has 0 aromatic heterocycles. The predicted molar refractivity (Wildman–Crippen MR) is 92.9 cm³/mol. The fraction of sp³-hybridized carbons (Fsp3) is 0.350. The summed E-state index contributed by atoms with van der Waals surface area (Å²) < 4.78 is 13.8. The number of hydrogen-bond donors (Lipinski definition) is 2. The second kappa shape index (κ2) is 6.15. The number of phenols is 1. The summed E-state index contributed by atoms with van der Waals surface area (Å²) in [6, 6.07) is 11.2. The number of rotatable bonds is 2. The Hall–Kier alpha value is -2.40. The predicted octanol–water partition coefficient (Wildman–Crippen LogP) is 2.87. The molecule has 4 rings (SSSR count). The first-order valence-corrected chi connectivity index (χ1v) is 8.61. The molecule has 0 saturated carbocycles. The Bertz CT molecular complexity index is 823. The van der Waals surface area contributed by atoms with E-state index in [-0.39, 0.29) is 29.4 Å². The zero-order valence-corrected chi connectivity index (χ0v) is 14.1. The number of hydrogen-bond acceptors (Lipinski definition) is 3. The molecule has 2 aliphatic rings. The zero-order chi connectivity index (χ0) is 17.6. The second-order valence-corrected chi connectivity index (χ2v) is 7.04. The third kappa shape index (κ3) is 2.78. The van der Waals surface area contributed by atoms with Crippen molar-refractivity contribution in [2.75, 3.05) is 19.6 Å². The summed E-state index contributed by atoms with van der Waals surface area (Å²) in [5.74, 6) is 0.348. The monoisotopic (exact) mass is 340 g/mol. The third-order valence-electron chi connectivity index (χ3n) is 5.47. The highest BCUT2D eigenvalue weighted by molar-refractivity contribution is 5.96. The molecule has 5 heteroatoms. The van der Waals surface area contributed by atoms with Crippen molar-refractivity contribution < 1.29 is 14.3 Å². The Morgan fingerprint density at radius 2 is 2.08 bits per heavy atom. The van der Waals surface area contributed by atoms with Crippen LogP contribution < -0.4 is 5.32 Å². The average molecular weight is 340 g/mol. The van der Waals surface area contributed by atoms with Gasteiger partial charge in [0, 0.05) is 31.1 Å². The molecule has 2 heterocycles. The Morgan fingerprint density at radius 1 is 1.24 bits per heavy atom. The number of nitrogens with one attached hydrogen (secondary N) is 1. The first-order chi connectivity index (χ1) is 12.0. The van der Waals surface area contributed by atoms with Crippen LogP contribution in [0.4, 0.5) is 4.39 Å². The van der Waals surface area contributed by atoms with Gasteiger partial charge in [0.1, 0.15) is 11.6 Å². The minimum Gasteiger partial charge on any atom is -0.508 e. The molecule has 0 radical (unpaired) electrons. The van der Waals surface area contributed by atoms with E-state index in [4.69, 9.17) is 0 Å². The summed E-state index contributed by atoms with van der Waals surface area (Å²) in [7, 11) is 0. The number of aryl methyl sites for hydroxylation is 1. The third-order valence-corrected chi connectivity index (χ3v) is 5.47. The number of carbonyl (C=O) groups excluding carboxylic acids is 1. The second-order valence-electron chi connectivity index (χ2n) is 7.04. The summed E-state index contributed by atoms with van der Waals surface area (Å²) >= 11 is 0. The molecule has 0 spiro atoms. The van der Waals surface area contributed by atoms with Gasteiger partial charge >= 0.3 is 0 Å². The molecule has 25 heavy (non-hydrogen) atoms. The molecule has 0 aliphatic carbocycles. The SMILES string of the molecule is Cc1ccc(O)cc1C(=O)N1C[C@@H]2CNC[C@@H]2[C@H]1c1cccc(F)c1. The smallest absolute Gasteiger partial charge is 0.254 e. The van der Waals surface area contributed by atoms with E-state index >= 15 is 0 Å². The van der Waals surface area contributed by atoms with Crippen LogP contribution in [-0.2, 0) is 0 Å². The first kappa shape index (κ1) is 16.1. The van der Waals surface area contributed by atoms with Crippen molar-refractivity contribution in [3.05, 3.63) is 65.0 Å². The first-order valence-electron chi connectivity index (χ1n) is 8.61. The van der Waals surface area contributed by atoms with Gasteiger partial charge in [-0.15, -0.1) is 0 Å². The van der Waals surface area contributed by atoms with Crippen molar-refractivity contribution in [1.82, 2.24) is 10.2 Å². The van der Waals surface area contributed by atoms with Crippen LogP contribution in [0.25, 0.3) is 0 Å². The van der Waals surface area contributed by atoms with Crippen LogP contribution in [0.15, 0.2) is 42.5 Å². The molecule has 0 bridgehead atoms. The summed E-state index contributed by atoms with van der Waals surface area (Å²) in [4.78, 5) is 15.1. The average Bonchev–Trinajstić information content (AvgIpc) is 3.17. The molecule has 130 valence electrons. The Morgan fingerprint density at radius 3 is 2.88 bits per heavy atom. The van der Waals surface area contributed by atoms with Crippen LogP contribution in [-0.4, -0.2) is 35.5 Å². The summed E-state index contributed by atoms with van der Waals surface area (Å²) in [6.45, 7) is 4.21. The molecule has 2 aromatic carbocycles. The van der Waals surface area contributed by atoms with Crippen molar-refractivity contribution in [2.45, 2.75) is 13.0 Å². The van der Waals surface area contributed by atoms with Gasteiger partial charge in [-0.2, -0.15) is 0 Å². The quantitative estimate of drug-likeness (QED) is 0.884. The van der Waals surface area contributed by atoms with Crippen LogP contribution in [0, 0.1) is 24.6 Å². The number of carbonyl (C=O) groups is 1. The van der Waals surface area contributed by atoms with Crippen LogP contribution in [0.5, 0.6) is 5.75 Å². The van der Waals surface area contributed by atoms with Gasteiger partial charge in [-0.25, -0.2) is 4.39 Å². The van der Waals surface area contributed by atoms with E-state index in [9.17, 15) is 14.3 Å². The van der Waals surface area contributed by atoms with Gasteiger partial charge in [0.05, 0.1) is 6.04 Å². The fourth-order valence-electron chi connectivity index (χ4n) is 4.24. The number of fused-ring (bicyclic) bond motifs is 1. The highest BCUT2D eigenvalue weighted by Crippen LogP contribution is 2.43. The standard InChI is InChI=1S/C20H21FN2O2/c1-12-5-6-16(24)8-17(12)20(25)23-11-14-9-22-10-18(14)19(23)13-3-2-4-15(21)7-13/h2-8,14,18-19,22,24H,9-11H2,1H3/t14-,18-,19+/m0/s1. The zero-order valence-electron chi connectivity index (χ0n) is 14.1. The Balaban J connectivity index is 1.74. The lowest BCUT2D eigenvalue weighted by atomic mass is 9.89. The molecule has 2 N–H and O–H groups in total. The van der Waals surface area contributed by atoms with Crippen molar-refractivity contribution in [1.29, 1.82) is 0 Å². The van der Waals surface area contributed by atoms with E-state index in [1.165, 1.54) is 18.2 Å². The summed E-state index contributed by atoms with van der Waals surface area (Å²) in [6.07, 6.45) is 0. The highest BCUT2D eigenvalue weighted by atomic mass is 19.1. The molecule has 3 atom stereocenters. The van der Waals surface area contributed by atoms with Gasteiger partial charge in [-0.3, -0.25) is 4.79 Å². The van der Waals surface area contributed by atoms with E-state index in [0.29, 0.717) is 18.0 Å². The summed E-state index contributed by atoms with van der Waals surface area (Å²) in [5.41, 5.74) is 2.17. The number of amides is 1. The Kier molecular flexibility index (Phi) is 3.96. The summed E-state index contributed by atoms with van der Waals surface area (Å²) in [5, 5.41) is 13.2. The van der Waals surface area contributed by atoms with Crippen LogP contribution in [0.2, 0.25) is 0 Å².